The van der Waals surface area contributed by atoms with Crippen LogP contribution in [0.3, 0.4) is 0 Å². The van der Waals surface area contributed by atoms with Crippen molar-refractivity contribution in [3.05, 3.63) is 53.3 Å². The highest BCUT2D eigenvalue weighted by atomic mass is 32.2. The van der Waals surface area contributed by atoms with Gasteiger partial charge in [-0.2, -0.15) is 0 Å². The van der Waals surface area contributed by atoms with Crippen molar-refractivity contribution in [3.8, 4) is 0 Å². The first-order valence-corrected chi connectivity index (χ1v) is 6.71. The third-order valence-corrected chi connectivity index (χ3v) is 3.59. The number of aromatic carboxylic acids is 1. The van der Waals surface area contributed by atoms with Gasteiger partial charge in [-0.15, -0.1) is 0 Å². The fourth-order valence-electron chi connectivity index (χ4n) is 1.54. The fourth-order valence-corrected chi connectivity index (χ4v) is 2.35. The zero-order valence-corrected chi connectivity index (χ0v) is 10.9. The lowest BCUT2D eigenvalue weighted by Crippen LogP contribution is -1.91. The quantitative estimate of drug-likeness (QED) is 0.832. The average Bonchev–Trinajstić information content (AvgIpc) is 2.86. The molecule has 0 unspecified atom stereocenters. The Balaban J connectivity index is 1.95. The summed E-state index contributed by atoms with van der Waals surface area (Å²) in [5.41, 5.74) is 2.51. The van der Waals surface area contributed by atoms with E-state index in [1.165, 1.54) is 29.0 Å². The Morgan fingerprint density at radius 1 is 1.17 bits per heavy atom. The van der Waals surface area contributed by atoms with E-state index >= 15 is 0 Å². The third kappa shape index (κ3) is 3.17. The molecule has 4 heteroatoms. The molecule has 0 aliphatic heterocycles. The molecule has 1 N–H and O–H groups in total. The van der Waals surface area contributed by atoms with Gasteiger partial charge in [0, 0.05) is 5.75 Å². The van der Waals surface area contributed by atoms with Crippen LogP contribution in [0.2, 0.25) is 0 Å². The van der Waals surface area contributed by atoms with Crippen LogP contribution >= 0.6 is 11.8 Å². The lowest BCUT2D eigenvalue weighted by atomic mass is 10.1. The van der Waals surface area contributed by atoms with Crippen molar-refractivity contribution in [1.82, 2.24) is 0 Å². The van der Waals surface area contributed by atoms with E-state index in [0.717, 1.165) is 12.2 Å². The largest absolute Gasteiger partial charge is 0.475 e. The van der Waals surface area contributed by atoms with Gasteiger partial charge in [0.1, 0.15) is 0 Å². The molecule has 0 saturated carbocycles. The van der Waals surface area contributed by atoms with E-state index in [1.54, 1.807) is 6.07 Å². The second-order valence-electron chi connectivity index (χ2n) is 3.88. The summed E-state index contributed by atoms with van der Waals surface area (Å²) < 4.78 is 5.18. The highest BCUT2D eigenvalue weighted by molar-refractivity contribution is 7.98. The summed E-state index contributed by atoms with van der Waals surface area (Å²) in [5.74, 6) is -0.274. The molecule has 0 radical (unpaired) electrons. The van der Waals surface area contributed by atoms with Gasteiger partial charge in [-0.25, -0.2) is 4.79 Å². The Labute approximate surface area is 110 Å². The predicted molar refractivity (Wildman–Crippen MR) is 71.0 cm³/mol. The number of carbonyl (C=O) groups is 1. The average molecular weight is 262 g/mol. The number of furan rings is 1. The number of benzene rings is 1. The van der Waals surface area contributed by atoms with E-state index in [2.05, 4.69) is 31.2 Å². The molecule has 94 valence electrons. The molecule has 18 heavy (non-hydrogen) atoms. The van der Waals surface area contributed by atoms with E-state index in [1.807, 2.05) is 0 Å². The van der Waals surface area contributed by atoms with Crippen molar-refractivity contribution >= 4 is 17.7 Å². The number of hydrogen-bond donors (Lipinski definition) is 1. The van der Waals surface area contributed by atoms with Gasteiger partial charge in [0.2, 0.25) is 5.76 Å². The molecule has 0 aliphatic rings. The van der Waals surface area contributed by atoms with Crippen LogP contribution in [0.15, 0.2) is 45.9 Å². The van der Waals surface area contributed by atoms with E-state index in [-0.39, 0.29) is 5.76 Å². The van der Waals surface area contributed by atoms with Crippen LogP contribution in [-0.2, 0) is 12.2 Å². The molecule has 1 aromatic carbocycles. The smallest absolute Gasteiger partial charge is 0.371 e. The zero-order valence-electron chi connectivity index (χ0n) is 10.1. The van der Waals surface area contributed by atoms with Crippen molar-refractivity contribution < 1.29 is 14.3 Å². The van der Waals surface area contributed by atoms with Gasteiger partial charge in [-0.3, -0.25) is 0 Å². The van der Waals surface area contributed by atoms with Crippen LogP contribution < -0.4 is 0 Å². The molecule has 0 bridgehead atoms. The molecule has 3 nitrogen and oxygen atoms in total. The topological polar surface area (TPSA) is 50.4 Å². The first-order chi connectivity index (χ1) is 8.69. The molecular formula is C14H14O3S. The SMILES string of the molecule is CCc1ccc(CSc2ccc(C(=O)O)o2)cc1. The number of thioether (sulfide) groups is 1. The predicted octanol–water partition coefficient (Wildman–Crippen LogP) is 3.83. The van der Waals surface area contributed by atoms with E-state index < -0.39 is 5.97 Å². The Kier molecular flexibility index (Phi) is 4.10. The molecule has 0 amide bonds. The summed E-state index contributed by atoms with van der Waals surface area (Å²) in [5, 5.41) is 9.37. The van der Waals surface area contributed by atoms with Crippen LogP contribution in [0.1, 0.15) is 28.6 Å². The van der Waals surface area contributed by atoms with Crippen molar-refractivity contribution in [3.63, 3.8) is 0 Å². The van der Waals surface area contributed by atoms with Gasteiger partial charge in [0.05, 0.1) is 0 Å². The minimum absolute atomic E-state index is 0.0150. The number of aryl methyl sites for hydroxylation is 1. The summed E-state index contributed by atoms with van der Waals surface area (Å²) in [4.78, 5) is 10.7. The second-order valence-corrected chi connectivity index (χ2v) is 4.86. The Morgan fingerprint density at radius 3 is 2.39 bits per heavy atom. The van der Waals surface area contributed by atoms with Crippen LogP contribution in [0.25, 0.3) is 0 Å². The number of rotatable bonds is 5. The van der Waals surface area contributed by atoms with Crippen molar-refractivity contribution in [2.45, 2.75) is 24.2 Å². The van der Waals surface area contributed by atoms with Gasteiger partial charge in [0.15, 0.2) is 5.09 Å². The first-order valence-electron chi connectivity index (χ1n) is 5.73. The lowest BCUT2D eigenvalue weighted by molar-refractivity contribution is 0.0656. The molecule has 1 aromatic heterocycles. The molecular weight excluding hydrogens is 248 g/mol. The highest BCUT2D eigenvalue weighted by Gasteiger charge is 2.09. The minimum atomic E-state index is -1.03. The summed E-state index contributed by atoms with van der Waals surface area (Å²) >= 11 is 1.50. The summed E-state index contributed by atoms with van der Waals surface area (Å²) in [6.07, 6.45) is 1.04. The maximum atomic E-state index is 10.7. The highest BCUT2D eigenvalue weighted by Crippen LogP contribution is 2.25. The molecule has 2 rings (SSSR count). The van der Waals surface area contributed by atoms with E-state index in [9.17, 15) is 4.79 Å². The Morgan fingerprint density at radius 2 is 1.83 bits per heavy atom. The van der Waals surface area contributed by atoms with Crippen LogP contribution in [-0.4, -0.2) is 11.1 Å². The summed E-state index contributed by atoms with van der Waals surface area (Å²) in [6, 6.07) is 11.6. The molecule has 0 fully saturated rings. The first kappa shape index (κ1) is 12.8. The zero-order chi connectivity index (χ0) is 13.0. The maximum Gasteiger partial charge on any atom is 0.371 e. The van der Waals surface area contributed by atoms with Crippen LogP contribution in [0.5, 0.6) is 0 Å². The van der Waals surface area contributed by atoms with E-state index in [0.29, 0.717) is 5.09 Å². The van der Waals surface area contributed by atoms with Gasteiger partial charge in [-0.05, 0) is 29.7 Å². The standard InChI is InChI=1S/C14H14O3S/c1-2-10-3-5-11(6-4-10)9-18-13-8-7-12(17-13)14(15)16/h3-8H,2,9H2,1H3,(H,15,16). The van der Waals surface area contributed by atoms with Gasteiger partial charge < -0.3 is 9.52 Å². The molecule has 0 saturated heterocycles. The molecule has 0 atom stereocenters. The Hall–Kier alpha value is -1.68. The lowest BCUT2D eigenvalue weighted by Gasteiger charge is -2.01. The molecule has 1 heterocycles. The molecule has 2 aromatic rings. The van der Waals surface area contributed by atoms with Crippen LogP contribution in [0.4, 0.5) is 0 Å². The van der Waals surface area contributed by atoms with Gasteiger partial charge in [0.25, 0.3) is 0 Å². The molecule has 0 spiro atoms. The monoisotopic (exact) mass is 262 g/mol. The van der Waals surface area contributed by atoms with Gasteiger partial charge in [-0.1, -0.05) is 43.0 Å². The normalized spacial score (nSPS) is 10.5. The van der Waals surface area contributed by atoms with Crippen molar-refractivity contribution in [1.29, 1.82) is 0 Å². The number of carboxylic acid groups (broad SMARTS) is 1. The number of carboxylic acids is 1. The second kappa shape index (κ2) is 5.78. The Bertz CT molecular complexity index is 528. The van der Waals surface area contributed by atoms with Crippen molar-refractivity contribution in [2.75, 3.05) is 0 Å². The van der Waals surface area contributed by atoms with Crippen LogP contribution in [0, 0.1) is 0 Å². The van der Waals surface area contributed by atoms with Gasteiger partial charge >= 0.3 is 5.97 Å². The minimum Gasteiger partial charge on any atom is -0.475 e. The van der Waals surface area contributed by atoms with Crippen molar-refractivity contribution in [2.24, 2.45) is 0 Å². The maximum absolute atomic E-state index is 10.7. The number of hydrogen-bond acceptors (Lipinski definition) is 3. The summed E-state index contributed by atoms with van der Waals surface area (Å²) in [6.45, 7) is 2.13. The van der Waals surface area contributed by atoms with E-state index in [4.69, 9.17) is 9.52 Å². The molecule has 0 aliphatic carbocycles. The summed E-state index contributed by atoms with van der Waals surface area (Å²) in [7, 11) is 0. The third-order valence-electron chi connectivity index (χ3n) is 2.60. The fraction of sp³-hybridized carbons (Fsp3) is 0.214.